The Labute approximate surface area is 201 Å². The largest absolute Gasteiger partial charge is 0.493 e. The van der Waals surface area contributed by atoms with E-state index < -0.39 is 0 Å². The standard InChI is InChI=1S/C24H26BrN5O3/c25-18-3-1-4-19(13-18)29-23-22-24(28-16-27-23)33-21-14-20(6-5-17(21)15-26-22)32-10-2-7-30-8-11-31-12-9-30/h1,3-6,13-14,16,26H,2,7-12,15H2,(H,27,28,29). The van der Waals surface area contributed by atoms with Crippen LogP contribution in [0.3, 0.4) is 0 Å². The van der Waals surface area contributed by atoms with E-state index >= 15 is 0 Å². The van der Waals surface area contributed by atoms with E-state index in [9.17, 15) is 0 Å². The van der Waals surface area contributed by atoms with Gasteiger partial charge in [-0.3, -0.25) is 4.90 Å². The molecule has 172 valence electrons. The Morgan fingerprint density at radius 3 is 2.91 bits per heavy atom. The quantitative estimate of drug-likeness (QED) is 0.437. The number of halogens is 1. The number of benzene rings is 2. The maximum absolute atomic E-state index is 6.18. The molecule has 0 amide bonds. The maximum atomic E-state index is 6.18. The van der Waals surface area contributed by atoms with Crippen molar-refractivity contribution < 1.29 is 14.2 Å². The molecule has 0 unspecified atom stereocenters. The average Bonchev–Trinajstić information content (AvgIpc) is 3.02. The van der Waals surface area contributed by atoms with E-state index in [0.29, 0.717) is 24.8 Å². The first kappa shape index (κ1) is 21.9. The molecule has 2 aliphatic rings. The Morgan fingerprint density at radius 1 is 1.12 bits per heavy atom. The number of morpholine rings is 1. The molecular weight excluding hydrogens is 486 g/mol. The van der Waals surface area contributed by atoms with E-state index in [2.05, 4.69) is 41.4 Å². The van der Waals surface area contributed by atoms with Gasteiger partial charge in [0.15, 0.2) is 5.82 Å². The van der Waals surface area contributed by atoms with Crippen LogP contribution in [0, 0.1) is 0 Å². The molecule has 2 aromatic carbocycles. The molecule has 1 fully saturated rings. The van der Waals surface area contributed by atoms with E-state index in [1.165, 1.54) is 6.33 Å². The Kier molecular flexibility index (Phi) is 6.89. The Balaban J connectivity index is 1.25. The molecule has 3 aromatic rings. The van der Waals surface area contributed by atoms with Crippen LogP contribution in [0.1, 0.15) is 12.0 Å². The van der Waals surface area contributed by atoms with Crippen molar-refractivity contribution in [2.75, 3.05) is 50.1 Å². The van der Waals surface area contributed by atoms with Gasteiger partial charge < -0.3 is 24.8 Å². The van der Waals surface area contributed by atoms with Crippen LogP contribution >= 0.6 is 15.9 Å². The predicted molar refractivity (Wildman–Crippen MR) is 131 cm³/mol. The highest BCUT2D eigenvalue weighted by Gasteiger charge is 2.20. The first-order valence-electron chi connectivity index (χ1n) is 11.1. The van der Waals surface area contributed by atoms with Gasteiger partial charge in [-0.25, -0.2) is 4.98 Å². The Bertz CT molecular complexity index is 1110. The summed E-state index contributed by atoms with van der Waals surface area (Å²) in [5.74, 6) is 2.66. The number of nitrogens with zero attached hydrogens (tertiary/aromatic N) is 3. The summed E-state index contributed by atoms with van der Waals surface area (Å²) in [5, 5.41) is 6.75. The van der Waals surface area contributed by atoms with E-state index in [0.717, 1.165) is 72.2 Å². The fourth-order valence-corrected chi connectivity index (χ4v) is 4.26. The van der Waals surface area contributed by atoms with Gasteiger partial charge >= 0.3 is 0 Å². The second-order valence-electron chi connectivity index (χ2n) is 7.92. The topological polar surface area (TPSA) is 80.8 Å². The number of aromatic nitrogens is 2. The number of fused-ring (bicyclic) bond motifs is 2. The molecular formula is C24H26BrN5O3. The van der Waals surface area contributed by atoms with Crippen molar-refractivity contribution >= 4 is 33.1 Å². The van der Waals surface area contributed by atoms with Crippen molar-refractivity contribution in [3.8, 4) is 17.4 Å². The van der Waals surface area contributed by atoms with Gasteiger partial charge in [0.1, 0.15) is 23.5 Å². The number of ether oxygens (including phenoxy) is 3. The maximum Gasteiger partial charge on any atom is 0.248 e. The van der Waals surface area contributed by atoms with E-state index in [1.807, 2.05) is 42.5 Å². The summed E-state index contributed by atoms with van der Waals surface area (Å²) in [5.41, 5.74) is 2.67. The third-order valence-electron chi connectivity index (χ3n) is 5.59. The van der Waals surface area contributed by atoms with Crippen molar-refractivity contribution in [1.82, 2.24) is 14.9 Å². The second-order valence-corrected chi connectivity index (χ2v) is 8.83. The molecule has 0 atom stereocenters. The minimum atomic E-state index is 0.478. The third-order valence-corrected chi connectivity index (χ3v) is 6.09. The van der Waals surface area contributed by atoms with Gasteiger partial charge in [0.2, 0.25) is 5.88 Å². The average molecular weight is 512 g/mol. The van der Waals surface area contributed by atoms with Crippen LogP contribution in [0.5, 0.6) is 17.4 Å². The Morgan fingerprint density at radius 2 is 2.03 bits per heavy atom. The molecule has 0 bridgehead atoms. The Hall–Kier alpha value is -2.88. The number of anilines is 3. The van der Waals surface area contributed by atoms with Crippen molar-refractivity contribution in [3.05, 3.63) is 58.8 Å². The minimum Gasteiger partial charge on any atom is -0.493 e. The molecule has 1 aromatic heterocycles. The van der Waals surface area contributed by atoms with Crippen molar-refractivity contribution in [2.24, 2.45) is 0 Å². The molecule has 2 aliphatic heterocycles. The molecule has 0 radical (unpaired) electrons. The van der Waals surface area contributed by atoms with Crippen LogP contribution in [0.4, 0.5) is 17.2 Å². The minimum absolute atomic E-state index is 0.478. The molecule has 33 heavy (non-hydrogen) atoms. The summed E-state index contributed by atoms with van der Waals surface area (Å²) in [6.07, 6.45) is 2.47. The molecule has 0 aliphatic carbocycles. The summed E-state index contributed by atoms with van der Waals surface area (Å²) in [6.45, 7) is 5.92. The fourth-order valence-electron chi connectivity index (χ4n) is 3.86. The van der Waals surface area contributed by atoms with Crippen LogP contribution < -0.4 is 20.1 Å². The van der Waals surface area contributed by atoms with Gasteiger partial charge in [0.05, 0.1) is 19.8 Å². The zero-order chi connectivity index (χ0) is 22.5. The molecule has 9 heteroatoms. The first-order chi connectivity index (χ1) is 16.2. The van der Waals surface area contributed by atoms with Crippen molar-refractivity contribution in [1.29, 1.82) is 0 Å². The molecule has 3 heterocycles. The molecule has 8 nitrogen and oxygen atoms in total. The molecule has 2 N–H and O–H groups in total. The predicted octanol–water partition coefficient (Wildman–Crippen LogP) is 4.80. The number of rotatable bonds is 7. The van der Waals surface area contributed by atoms with Crippen LogP contribution in [-0.4, -0.2) is 54.3 Å². The summed E-state index contributed by atoms with van der Waals surface area (Å²) in [4.78, 5) is 11.2. The number of nitrogens with one attached hydrogen (secondary N) is 2. The van der Waals surface area contributed by atoms with Gasteiger partial charge in [-0.2, -0.15) is 4.98 Å². The fraction of sp³-hybridized carbons (Fsp3) is 0.333. The highest BCUT2D eigenvalue weighted by Crippen LogP contribution is 2.39. The van der Waals surface area contributed by atoms with Crippen molar-refractivity contribution in [2.45, 2.75) is 13.0 Å². The first-order valence-corrected chi connectivity index (χ1v) is 11.9. The molecule has 5 rings (SSSR count). The molecule has 0 saturated carbocycles. The summed E-state index contributed by atoms with van der Waals surface area (Å²) < 4.78 is 18.6. The highest BCUT2D eigenvalue weighted by atomic mass is 79.9. The van der Waals surface area contributed by atoms with Gasteiger partial charge in [0.25, 0.3) is 0 Å². The van der Waals surface area contributed by atoms with E-state index in [-0.39, 0.29) is 0 Å². The zero-order valence-electron chi connectivity index (χ0n) is 18.2. The van der Waals surface area contributed by atoms with E-state index in [1.54, 1.807) is 0 Å². The van der Waals surface area contributed by atoms with Crippen LogP contribution in [-0.2, 0) is 11.3 Å². The lowest BCUT2D eigenvalue weighted by atomic mass is 10.2. The van der Waals surface area contributed by atoms with Gasteiger partial charge in [-0.1, -0.05) is 22.0 Å². The van der Waals surface area contributed by atoms with E-state index in [4.69, 9.17) is 14.2 Å². The van der Waals surface area contributed by atoms with Gasteiger partial charge in [0, 0.05) is 48.0 Å². The molecule has 0 spiro atoms. The molecule has 1 saturated heterocycles. The van der Waals surface area contributed by atoms with Gasteiger partial charge in [-0.15, -0.1) is 0 Å². The highest BCUT2D eigenvalue weighted by molar-refractivity contribution is 9.10. The second kappa shape index (κ2) is 10.4. The smallest absolute Gasteiger partial charge is 0.248 e. The monoisotopic (exact) mass is 511 g/mol. The number of hydrogen-bond acceptors (Lipinski definition) is 8. The third kappa shape index (κ3) is 5.55. The summed E-state index contributed by atoms with van der Waals surface area (Å²) in [6, 6.07) is 13.9. The summed E-state index contributed by atoms with van der Waals surface area (Å²) >= 11 is 3.50. The van der Waals surface area contributed by atoms with Crippen LogP contribution in [0.15, 0.2) is 53.3 Å². The number of hydrogen-bond donors (Lipinski definition) is 2. The lowest BCUT2D eigenvalue weighted by Crippen LogP contribution is -2.37. The van der Waals surface area contributed by atoms with Crippen LogP contribution in [0.25, 0.3) is 0 Å². The van der Waals surface area contributed by atoms with Gasteiger partial charge in [-0.05, 0) is 36.8 Å². The normalized spacial score (nSPS) is 15.4. The zero-order valence-corrected chi connectivity index (χ0v) is 19.8. The SMILES string of the molecule is Brc1cccc(Nc2ncnc3c2NCc2ccc(OCCCN4CCOCC4)cc2O3)c1. The van der Waals surface area contributed by atoms with Crippen LogP contribution in [0.2, 0.25) is 0 Å². The lowest BCUT2D eigenvalue weighted by Gasteiger charge is -2.26. The van der Waals surface area contributed by atoms with Crippen molar-refractivity contribution in [3.63, 3.8) is 0 Å². The lowest BCUT2D eigenvalue weighted by molar-refractivity contribution is 0.0358. The summed E-state index contributed by atoms with van der Waals surface area (Å²) in [7, 11) is 0.